The van der Waals surface area contributed by atoms with Crippen molar-refractivity contribution in [2.24, 2.45) is 11.8 Å². The molecule has 3 aliphatic rings. The third-order valence-electron chi connectivity index (χ3n) is 6.17. The van der Waals surface area contributed by atoms with Crippen LogP contribution in [0.1, 0.15) is 43.7 Å². The molecule has 4 rings (SSSR count). The van der Waals surface area contributed by atoms with Gasteiger partial charge in [0.1, 0.15) is 0 Å². The van der Waals surface area contributed by atoms with Crippen LogP contribution in [0.2, 0.25) is 0 Å². The normalized spacial score (nSPS) is 31.0. The molecule has 0 aliphatic carbocycles. The minimum atomic E-state index is 0.136. The summed E-state index contributed by atoms with van der Waals surface area (Å²) < 4.78 is 0. The van der Waals surface area contributed by atoms with Crippen molar-refractivity contribution < 1.29 is 4.79 Å². The molecule has 1 amide bonds. The van der Waals surface area contributed by atoms with Crippen molar-refractivity contribution in [2.45, 2.75) is 44.2 Å². The molecule has 0 spiro atoms. The highest BCUT2D eigenvalue weighted by atomic mass is 16.2. The lowest BCUT2D eigenvalue weighted by molar-refractivity contribution is -0.137. The maximum Gasteiger partial charge on any atom is 0.227 e. The van der Waals surface area contributed by atoms with Gasteiger partial charge in [0.2, 0.25) is 5.91 Å². The third kappa shape index (κ3) is 2.71. The molecule has 0 radical (unpaired) electrons. The maximum absolute atomic E-state index is 13.1. The number of nitriles is 1. The average Bonchev–Trinajstić information content (AvgIpc) is 3.24. The highest BCUT2D eigenvalue weighted by Crippen LogP contribution is 2.45. The molecule has 1 aromatic rings. The minimum Gasteiger partial charge on any atom is -0.342 e. The van der Waals surface area contributed by atoms with E-state index in [1.807, 2.05) is 4.90 Å². The van der Waals surface area contributed by atoms with Crippen molar-refractivity contribution in [2.75, 3.05) is 19.6 Å². The number of piperidine rings is 1. The number of fused-ring (bicyclic) bond motifs is 1. The fourth-order valence-electron chi connectivity index (χ4n) is 4.90. The monoisotopic (exact) mass is 323 g/mol. The zero-order chi connectivity index (χ0) is 16.5. The summed E-state index contributed by atoms with van der Waals surface area (Å²) >= 11 is 0. The largest absolute Gasteiger partial charge is 0.342 e. The van der Waals surface area contributed by atoms with E-state index in [9.17, 15) is 4.79 Å². The van der Waals surface area contributed by atoms with Crippen LogP contribution < -0.4 is 0 Å². The van der Waals surface area contributed by atoms with E-state index in [1.54, 1.807) is 0 Å². The van der Waals surface area contributed by atoms with Crippen LogP contribution in [0.15, 0.2) is 30.3 Å². The molecule has 3 heterocycles. The molecular weight excluding hydrogens is 298 g/mol. The van der Waals surface area contributed by atoms with Gasteiger partial charge >= 0.3 is 0 Å². The van der Waals surface area contributed by atoms with Gasteiger partial charge in [0, 0.05) is 31.1 Å². The van der Waals surface area contributed by atoms with Crippen LogP contribution in [0.4, 0.5) is 0 Å². The highest BCUT2D eigenvalue weighted by molar-refractivity contribution is 5.80. The molecule has 126 valence electrons. The Bertz CT molecular complexity index is 630. The lowest BCUT2D eigenvalue weighted by Gasteiger charge is -2.32. The summed E-state index contributed by atoms with van der Waals surface area (Å²) in [5.41, 5.74) is 1.35. The first-order valence-electron chi connectivity index (χ1n) is 9.27. The van der Waals surface area contributed by atoms with Gasteiger partial charge < -0.3 is 4.90 Å². The predicted octanol–water partition coefficient (Wildman–Crippen LogP) is 2.97. The van der Waals surface area contributed by atoms with E-state index in [1.165, 1.54) is 12.0 Å². The smallest absolute Gasteiger partial charge is 0.227 e. The Morgan fingerprint density at radius 1 is 1.08 bits per heavy atom. The molecule has 0 bridgehead atoms. The van der Waals surface area contributed by atoms with E-state index >= 15 is 0 Å². The first-order chi connectivity index (χ1) is 11.8. The van der Waals surface area contributed by atoms with Crippen molar-refractivity contribution in [3.63, 3.8) is 0 Å². The third-order valence-corrected chi connectivity index (χ3v) is 6.17. The van der Waals surface area contributed by atoms with Crippen molar-refractivity contribution in [1.82, 2.24) is 9.80 Å². The van der Waals surface area contributed by atoms with Crippen LogP contribution in [-0.4, -0.2) is 41.4 Å². The number of rotatable bonds is 2. The maximum atomic E-state index is 13.1. The van der Waals surface area contributed by atoms with Gasteiger partial charge in [-0.25, -0.2) is 0 Å². The molecular formula is C20H25N3O. The summed E-state index contributed by atoms with van der Waals surface area (Å²) in [4.78, 5) is 17.7. The summed E-state index contributed by atoms with van der Waals surface area (Å²) in [7, 11) is 0. The lowest BCUT2D eigenvalue weighted by atomic mass is 9.91. The quantitative estimate of drug-likeness (QED) is 0.840. The number of hydrogen-bond acceptors (Lipinski definition) is 3. The summed E-state index contributed by atoms with van der Waals surface area (Å²) in [6.07, 6.45) is 4.98. The van der Waals surface area contributed by atoms with E-state index in [2.05, 4.69) is 41.3 Å². The zero-order valence-electron chi connectivity index (χ0n) is 14.1. The van der Waals surface area contributed by atoms with Gasteiger partial charge in [-0.3, -0.25) is 9.69 Å². The SMILES string of the molecule is N#CC1CCN(C(=O)[C@@H]2C[C@H](c3ccccc3)N3CCC[C@@H]23)CC1. The number of nitrogens with zero attached hydrogens (tertiary/aromatic N) is 3. The second-order valence-corrected chi connectivity index (χ2v) is 7.44. The second-order valence-electron chi connectivity index (χ2n) is 7.44. The molecule has 0 saturated carbocycles. The lowest BCUT2D eigenvalue weighted by Crippen LogP contribution is -2.44. The number of carbonyl (C=O) groups excluding carboxylic acids is 1. The number of likely N-dealkylation sites (tertiary alicyclic amines) is 1. The van der Waals surface area contributed by atoms with Gasteiger partial charge in [-0.2, -0.15) is 5.26 Å². The van der Waals surface area contributed by atoms with Crippen LogP contribution in [0.5, 0.6) is 0 Å². The van der Waals surface area contributed by atoms with Crippen molar-refractivity contribution in [3.8, 4) is 6.07 Å². The summed E-state index contributed by atoms with van der Waals surface area (Å²) in [5.74, 6) is 0.607. The van der Waals surface area contributed by atoms with Gasteiger partial charge in [-0.05, 0) is 44.2 Å². The van der Waals surface area contributed by atoms with Crippen LogP contribution in [-0.2, 0) is 4.79 Å². The molecule has 3 atom stereocenters. The Labute approximate surface area is 144 Å². The Morgan fingerprint density at radius 3 is 2.54 bits per heavy atom. The first-order valence-corrected chi connectivity index (χ1v) is 9.27. The van der Waals surface area contributed by atoms with Crippen molar-refractivity contribution in [1.29, 1.82) is 5.26 Å². The van der Waals surface area contributed by atoms with E-state index in [4.69, 9.17) is 5.26 Å². The van der Waals surface area contributed by atoms with Gasteiger partial charge in [0.15, 0.2) is 0 Å². The van der Waals surface area contributed by atoms with Gasteiger partial charge in [0.05, 0.1) is 12.0 Å². The zero-order valence-corrected chi connectivity index (χ0v) is 14.1. The molecule has 24 heavy (non-hydrogen) atoms. The topological polar surface area (TPSA) is 47.3 Å². The van der Waals surface area contributed by atoms with Gasteiger partial charge in [-0.15, -0.1) is 0 Å². The molecule has 4 nitrogen and oxygen atoms in total. The van der Waals surface area contributed by atoms with Crippen LogP contribution >= 0.6 is 0 Å². The molecule has 0 aromatic heterocycles. The van der Waals surface area contributed by atoms with Crippen LogP contribution in [0.3, 0.4) is 0 Å². The van der Waals surface area contributed by atoms with Gasteiger partial charge in [0.25, 0.3) is 0 Å². The van der Waals surface area contributed by atoms with Gasteiger partial charge in [-0.1, -0.05) is 30.3 Å². The molecule has 3 fully saturated rings. The van der Waals surface area contributed by atoms with E-state index in [-0.39, 0.29) is 11.8 Å². The summed E-state index contributed by atoms with van der Waals surface area (Å²) in [6.45, 7) is 2.64. The highest BCUT2D eigenvalue weighted by Gasteiger charge is 2.48. The average molecular weight is 323 g/mol. The Morgan fingerprint density at radius 2 is 1.83 bits per heavy atom. The molecule has 0 N–H and O–H groups in total. The molecule has 3 saturated heterocycles. The van der Waals surface area contributed by atoms with Crippen molar-refractivity contribution in [3.05, 3.63) is 35.9 Å². The minimum absolute atomic E-state index is 0.136. The van der Waals surface area contributed by atoms with Crippen LogP contribution in [0, 0.1) is 23.2 Å². The summed E-state index contributed by atoms with van der Waals surface area (Å²) in [5, 5.41) is 9.05. The number of hydrogen-bond donors (Lipinski definition) is 0. The van der Waals surface area contributed by atoms with Crippen LogP contribution in [0.25, 0.3) is 0 Å². The Balaban J connectivity index is 1.49. The molecule has 0 unspecified atom stereocenters. The first kappa shape index (κ1) is 15.7. The van der Waals surface area contributed by atoms with E-state index < -0.39 is 0 Å². The van der Waals surface area contributed by atoms with E-state index in [0.29, 0.717) is 18.0 Å². The van der Waals surface area contributed by atoms with E-state index in [0.717, 1.165) is 45.3 Å². The molecule has 1 aromatic carbocycles. The standard InChI is InChI=1S/C20H25N3O/c21-14-15-8-11-22(12-9-15)20(24)17-13-19(16-5-2-1-3-6-16)23-10-4-7-18(17)23/h1-3,5-6,15,17-19H,4,7-13H2/t17-,18+,19-/m1/s1. The van der Waals surface area contributed by atoms with Crippen molar-refractivity contribution >= 4 is 5.91 Å². The fraction of sp³-hybridized carbons (Fsp3) is 0.600. The fourth-order valence-corrected chi connectivity index (χ4v) is 4.90. The Kier molecular flexibility index (Phi) is 4.28. The predicted molar refractivity (Wildman–Crippen MR) is 91.9 cm³/mol. The summed E-state index contributed by atoms with van der Waals surface area (Å²) in [6, 6.07) is 13.8. The Hall–Kier alpha value is -1.86. The second kappa shape index (κ2) is 6.57. The number of benzene rings is 1. The molecule has 3 aliphatic heterocycles. The molecule has 4 heteroatoms. The number of amides is 1. The number of carbonyl (C=O) groups is 1.